The Morgan fingerprint density at radius 2 is 0.476 bits per heavy atom. The van der Waals surface area contributed by atoms with Gasteiger partial charge in [-0.2, -0.15) is 0 Å². The standard InChI is InChI=1S/C76H134O6/c1-4-7-10-13-16-19-22-25-28-31-33-35-36-37-38-39-40-42-43-45-48-51-54-57-60-63-66-69-75(78)81-72-73(71-80-74(77)68-65-62-59-56-53-50-47-30-27-24-21-18-15-12-9-6-3)82-76(79)70-67-64-61-58-55-52-49-46-44-41-34-32-29-26-23-20-17-14-11-8-5-2/h7,10,16,19,23,25-26,28,32-35,37-38,73H,4-6,8-9,11-15,17-18,20-22,24,27,29-31,36,39-72H2,1-3H3/b10-7-,19-16-,26-23-,28-25-,34-32-,35-33-,38-37-. The number of rotatable bonds is 65. The van der Waals surface area contributed by atoms with Crippen LogP contribution in [0, 0.1) is 0 Å². The van der Waals surface area contributed by atoms with E-state index in [1.165, 1.54) is 225 Å². The molecule has 0 rings (SSSR count). The van der Waals surface area contributed by atoms with Gasteiger partial charge in [0, 0.05) is 19.3 Å². The topological polar surface area (TPSA) is 78.9 Å². The van der Waals surface area contributed by atoms with Gasteiger partial charge in [0.05, 0.1) is 0 Å². The van der Waals surface area contributed by atoms with E-state index in [1.807, 2.05) is 0 Å². The summed E-state index contributed by atoms with van der Waals surface area (Å²) in [5.41, 5.74) is 0. The number of hydrogen-bond donors (Lipinski definition) is 0. The highest BCUT2D eigenvalue weighted by Crippen LogP contribution is 2.18. The fraction of sp³-hybridized carbons (Fsp3) is 0.776. The van der Waals surface area contributed by atoms with Gasteiger partial charge in [0.2, 0.25) is 0 Å². The minimum atomic E-state index is -0.780. The quantitative estimate of drug-likeness (QED) is 0.0261. The maximum atomic E-state index is 13.0. The predicted octanol–water partition coefficient (Wildman–Crippen LogP) is 24.6. The van der Waals surface area contributed by atoms with Gasteiger partial charge in [0.25, 0.3) is 0 Å². The molecule has 1 atom stereocenters. The fourth-order valence-corrected chi connectivity index (χ4v) is 10.3. The summed E-state index contributed by atoms with van der Waals surface area (Å²) in [6, 6.07) is 0. The average Bonchev–Trinajstić information content (AvgIpc) is 3.47. The number of hydrogen-bond acceptors (Lipinski definition) is 6. The Balaban J connectivity index is 4.33. The van der Waals surface area contributed by atoms with E-state index < -0.39 is 6.10 Å². The van der Waals surface area contributed by atoms with E-state index in [4.69, 9.17) is 14.2 Å². The molecule has 0 spiro atoms. The third-order valence-corrected chi connectivity index (χ3v) is 15.6. The van der Waals surface area contributed by atoms with Crippen LogP contribution in [0.5, 0.6) is 0 Å². The number of carbonyl (C=O) groups is 3. The molecule has 0 radical (unpaired) electrons. The summed E-state index contributed by atoms with van der Waals surface area (Å²) in [5, 5.41) is 0. The molecule has 0 aliphatic heterocycles. The van der Waals surface area contributed by atoms with Gasteiger partial charge < -0.3 is 14.2 Å². The highest BCUT2D eigenvalue weighted by atomic mass is 16.6. The first-order chi connectivity index (χ1) is 40.5. The van der Waals surface area contributed by atoms with E-state index in [-0.39, 0.29) is 31.1 Å². The van der Waals surface area contributed by atoms with Crippen LogP contribution in [-0.2, 0) is 28.6 Å². The van der Waals surface area contributed by atoms with Crippen LogP contribution >= 0.6 is 0 Å². The van der Waals surface area contributed by atoms with Crippen molar-refractivity contribution in [3.63, 3.8) is 0 Å². The molecule has 0 aliphatic carbocycles. The molecule has 0 N–H and O–H groups in total. The number of allylic oxidation sites excluding steroid dienone is 14. The van der Waals surface area contributed by atoms with Gasteiger partial charge >= 0.3 is 17.9 Å². The zero-order valence-electron chi connectivity index (χ0n) is 54.5. The Morgan fingerprint density at radius 1 is 0.256 bits per heavy atom. The van der Waals surface area contributed by atoms with Gasteiger partial charge in [0.15, 0.2) is 6.10 Å². The van der Waals surface area contributed by atoms with Crippen LogP contribution in [0.15, 0.2) is 85.1 Å². The van der Waals surface area contributed by atoms with Crippen molar-refractivity contribution in [1.29, 1.82) is 0 Å². The van der Waals surface area contributed by atoms with Gasteiger partial charge in [-0.15, -0.1) is 0 Å². The van der Waals surface area contributed by atoms with Crippen LogP contribution in [-0.4, -0.2) is 37.2 Å². The third kappa shape index (κ3) is 67.4. The Morgan fingerprint density at radius 3 is 0.744 bits per heavy atom. The number of unbranched alkanes of at least 4 members (excludes halogenated alkanes) is 40. The van der Waals surface area contributed by atoms with E-state index in [1.54, 1.807) is 0 Å². The Labute approximate surface area is 509 Å². The van der Waals surface area contributed by atoms with Crippen LogP contribution in [0.3, 0.4) is 0 Å². The minimum Gasteiger partial charge on any atom is -0.462 e. The molecule has 0 bridgehead atoms. The smallest absolute Gasteiger partial charge is 0.306 e. The lowest BCUT2D eigenvalue weighted by atomic mass is 10.0. The lowest BCUT2D eigenvalue weighted by Gasteiger charge is -2.18. The summed E-state index contributed by atoms with van der Waals surface area (Å²) in [6.45, 7) is 6.57. The fourth-order valence-electron chi connectivity index (χ4n) is 10.3. The molecule has 0 fully saturated rings. The van der Waals surface area contributed by atoms with Crippen LogP contribution < -0.4 is 0 Å². The van der Waals surface area contributed by atoms with Crippen molar-refractivity contribution in [1.82, 2.24) is 0 Å². The van der Waals surface area contributed by atoms with Gasteiger partial charge in [-0.05, 0) is 96.3 Å². The maximum Gasteiger partial charge on any atom is 0.306 e. The van der Waals surface area contributed by atoms with E-state index in [9.17, 15) is 14.4 Å². The second-order valence-electron chi connectivity index (χ2n) is 23.8. The summed E-state index contributed by atoms with van der Waals surface area (Å²) in [4.78, 5) is 38.5. The number of carbonyl (C=O) groups excluding carboxylic acids is 3. The molecule has 0 saturated carbocycles. The molecular weight excluding hydrogens is 1010 g/mol. The summed E-state index contributed by atoms with van der Waals surface area (Å²) in [5.74, 6) is -0.861. The molecule has 0 saturated heterocycles. The summed E-state index contributed by atoms with van der Waals surface area (Å²) in [7, 11) is 0. The molecule has 474 valence electrons. The zero-order valence-corrected chi connectivity index (χ0v) is 54.5. The van der Waals surface area contributed by atoms with Gasteiger partial charge in [0.1, 0.15) is 13.2 Å². The second kappa shape index (κ2) is 70.1. The van der Waals surface area contributed by atoms with Crippen molar-refractivity contribution in [3.05, 3.63) is 85.1 Å². The van der Waals surface area contributed by atoms with Gasteiger partial charge in [-0.3, -0.25) is 14.4 Å². The van der Waals surface area contributed by atoms with Crippen molar-refractivity contribution in [2.75, 3.05) is 13.2 Å². The van der Waals surface area contributed by atoms with Crippen LogP contribution in [0.2, 0.25) is 0 Å². The second-order valence-corrected chi connectivity index (χ2v) is 23.8. The monoisotopic (exact) mass is 1140 g/mol. The lowest BCUT2D eigenvalue weighted by molar-refractivity contribution is -0.167. The predicted molar refractivity (Wildman–Crippen MR) is 358 cm³/mol. The lowest BCUT2D eigenvalue weighted by Crippen LogP contribution is -2.30. The molecule has 0 amide bonds. The SMILES string of the molecule is CC/C=C\C/C=C\C/C=C\C/C=C\C/C=C\CCCCCCCCCCCCCC(=O)OCC(COC(=O)CCCCCCCCCCCCCCCCCC)OC(=O)CCCCCCCCCCC/C=C\C/C=C\CCCCCCC. The Hall–Kier alpha value is -3.41. The van der Waals surface area contributed by atoms with Crippen molar-refractivity contribution < 1.29 is 28.6 Å². The molecule has 0 heterocycles. The molecule has 1 unspecified atom stereocenters. The Bertz CT molecular complexity index is 1550. The first-order valence-corrected chi connectivity index (χ1v) is 35.6. The minimum absolute atomic E-state index is 0.0746. The molecule has 82 heavy (non-hydrogen) atoms. The molecule has 6 nitrogen and oxygen atoms in total. The first kappa shape index (κ1) is 78.6. The summed E-state index contributed by atoms with van der Waals surface area (Å²) in [6.07, 6.45) is 93.1. The van der Waals surface area contributed by atoms with Crippen LogP contribution in [0.1, 0.15) is 361 Å². The van der Waals surface area contributed by atoms with Crippen molar-refractivity contribution in [2.45, 2.75) is 367 Å². The van der Waals surface area contributed by atoms with Crippen LogP contribution in [0.4, 0.5) is 0 Å². The zero-order chi connectivity index (χ0) is 59.2. The third-order valence-electron chi connectivity index (χ3n) is 15.6. The maximum absolute atomic E-state index is 13.0. The summed E-state index contributed by atoms with van der Waals surface area (Å²) < 4.78 is 17.0. The van der Waals surface area contributed by atoms with Crippen molar-refractivity contribution >= 4 is 17.9 Å². The van der Waals surface area contributed by atoms with E-state index in [2.05, 4.69) is 106 Å². The average molecular weight is 1140 g/mol. The molecule has 0 aromatic heterocycles. The highest BCUT2D eigenvalue weighted by molar-refractivity contribution is 5.71. The molecule has 0 aromatic carbocycles. The molecule has 0 aromatic rings. The van der Waals surface area contributed by atoms with Crippen molar-refractivity contribution in [2.24, 2.45) is 0 Å². The highest BCUT2D eigenvalue weighted by Gasteiger charge is 2.19. The number of ether oxygens (including phenoxy) is 3. The Kier molecular flexibility index (Phi) is 67.2. The van der Waals surface area contributed by atoms with Gasteiger partial charge in [-0.1, -0.05) is 331 Å². The first-order valence-electron chi connectivity index (χ1n) is 35.6. The number of esters is 3. The molecule has 0 aliphatic rings. The normalized spacial score (nSPS) is 12.6. The van der Waals surface area contributed by atoms with E-state index in [0.29, 0.717) is 19.3 Å². The van der Waals surface area contributed by atoms with Crippen LogP contribution in [0.25, 0.3) is 0 Å². The molecule has 6 heteroatoms. The largest absolute Gasteiger partial charge is 0.462 e. The van der Waals surface area contributed by atoms with Crippen molar-refractivity contribution in [3.8, 4) is 0 Å². The van der Waals surface area contributed by atoms with E-state index in [0.717, 1.165) is 96.3 Å². The summed E-state index contributed by atoms with van der Waals surface area (Å²) >= 11 is 0. The molecular formula is C76H134O6. The van der Waals surface area contributed by atoms with E-state index >= 15 is 0 Å². The van der Waals surface area contributed by atoms with Gasteiger partial charge in [-0.25, -0.2) is 0 Å².